The summed E-state index contributed by atoms with van der Waals surface area (Å²) in [5, 5.41) is 5.53. The van der Waals surface area contributed by atoms with Gasteiger partial charge < -0.3 is 10.6 Å². The number of rotatable bonds is 10. The highest BCUT2D eigenvalue weighted by Crippen LogP contribution is 2.16. The lowest BCUT2D eigenvalue weighted by Crippen LogP contribution is -2.49. The summed E-state index contributed by atoms with van der Waals surface area (Å²) in [7, 11) is -4.23. The Kier molecular flexibility index (Phi) is 8.91. The van der Waals surface area contributed by atoms with Crippen LogP contribution in [0, 0.1) is 17.7 Å². The molecule has 9 heteroatoms. The van der Waals surface area contributed by atoms with E-state index in [1.54, 1.807) is 38.1 Å². The second-order valence-corrected chi connectivity index (χ2v) is 10.0. The number of carbonyl (C=O) groups is 2. The number of carbonyl (C=O) groups excluding carboxylic acids is 2. The molecule has 2 aromatic rings. The van der Waals surface area contributed by atoms with E-state index in [0.29, 0.717) is 12.1 Å². The van der Waals surface area contributed by atoms with Crippen LogP contribution in [0.5, 0.6) is 0 Å². The lowest BCUT2D eigenvalue weighted by Gasteiger charge is -2.22. The fourth-order valence-corrected chi connectivity index (χ4v) is 4.45. The van der Waals surface area contributed by atoms with E-state index in [1.807, 2.05) is 13.8 Å². The third kappa shape index (κ3) is 7.42. The first-order valence-electron chi connectivity index (χ1n) is 10.4. The second-order valence-electron chi connectivity index (χ2n) is 8.34. The zero-order valence-electron chi connectivity index (χ0n) is 18.7. The zero-order chi connectivity index (χ0) is 23.9. The number of nitrogens with one attached hydrogen (secondary N) is 3. The monoisotopic (exact) mass is 463 g/mol. The number of halogens is 1. The summed E-state index contributed by atoms with van der Waals surface area (Å²) in [6.07, 6.45) is 0.402. The number of benzene rings is 2. The van der Waals surface area contributed by atoms with E-state index in [-0.39, 0.29) is 24.3 Å². The van der Waals surface area contributed by atoms with E-state index in [9.17, 15) is 22.4 Å². The van der Waals surface area contributed by atoms with Crippen LogP contribution in [0.1, 0.15) is 39.7 Å². The van der Waals surface area contributed by atoms with Gasteiger partial charge in [-0.15, -0.1) is 0 Å². The summed E-state index contributed by atoms with van der Waals surface area (Å²) in [4.78, 5) is 24.2. The van der Waals surface area contributed by atoms with Gasteiger partial charge in [-0.1, -0.05) is 52.0 Å². The number of hydrogen-bond acceptors (Lipinski definition) is 4. The van der Waals surface area contributed by atoms with Gasteiger partial charge in [0.05, 0.1) is 0 Å². The van der Waals surface area contributed by atoms with Crippen LogP contribution < -0.4 is 15.4 Å². The van der Waals surface area contributed by atoms with Gasteiger partial charge >= 0.3 is 0 Å². The van der Waals surface area contributed by atoms with E-state index < -0.39 is 32.7 Å². The third-order valence-electron chi connectivity index (χ3n) is 4.63. The van der Waals surface area contributed by atoms with Crippen molar-refractivity contribution >= 4 is 27.5 Å². The SMILES string of the molecule is CC(C)CC(=O)Nc1cccc(CNC(=O)[C@@H](NS(=O)(=O)c2ccccc2F)C(C)C)c1. The van der Waals surface area contributed by atoms with Gasteiger partial charge in [-0.2, -0.15) is 4.72 Å². The summed E-state index contributed by atoms with van der Waals surface area (Å²) in [6, 6.07) is 10.9. The van der Waals surface area contributed by atoms with Crippen LogP contribution in [0.3, 0.4) is 0 Å². The van der Waals surface area contributed by atoms with Gasteiger partial charge in [-0.3, -0.25) is 9.59 Å². The highest BCUT2D eigenvalue weighted by Gasteiger charge is 2.29. The lowest BCUT2D eigenvalue weighted by atomic mass is 10.0. The minimum absolute atomic E-state index is 0.0939. The average Bonchev–Trinajstić information content (AvgIpc) is 2.70. The molecule has 0 saturated carbocycles. The minimum atomic E-state index is -4.23. The number of amides is 2. The molecule has 0 saturated heterocycles. The molecule has 2 aromatic carbocycles. The Bertz CT molecular complexity index is 1050. The molecular formula is C23H30FN3O4S. The van der Waals surface area contributed by atoms with E-state index in [4.69, 9.17) is 0 Å². The molecule has 1 atom stereocenters. The van der Waals surface area contributed by atoms with Crippen LogP contribution >= 0.6 is 0 Å². The summed E-state index contributed by atoms with van der Waals surface area (Å²) in [5.74, 6) is -1.66. The largest absolute Gasteiger partial charge is 0.351 e. The lowest BCUT2D eigenvalue weighted by molar-refractivity contribution is -0.123. The number of sulfonamides is 1. The van der Waals surface area contributed by atoms with Crippen molar-refractivity contribution in [2.75, 3.05) is 5.32 Å². The summed E-state index contributed by atoms with van der Waals surface area (Å²) >= 11 is 0. The molecule has 0 aromatic heterocycles. The molecule has 0 bridgehead atoms. The predicted molar refractivity (Wildman–Crippen MR) is 122 cm³/mol. The molecule has 174 valence electrons. The zero-order valence-corrected chi connectivity index (χ0v) is 19.5. The first-order chi connectivity index (χ1) is 15.0. The van der Waals surface area contributed by atoms with Crippen LogP contribution in [-0.4, -0.2) is 26.3 Å². The molecule has 0 spiro atoms. The standard InChI is InChI=1S/C23H30FN3O4S/c1-15(2)12-21(28)26-18-9-7-8-17(13-18)14-25-23(29)22(16(3)4)27-32(30,31)20-11-6-5-10-19(20)24/h5-11,13,15-16,22,27H,12,14H2,1-4H3,(H,25,29)(H,26,28)/t22-/m0/s1. The van der Waals surface area contributed by atoms with E-state index >= 15 is 0 Å². The molecule has 32 heavy (non-hydrogen) atoms. The Morgan fingerprint density at radius 3 is 2.31 bits per heavy atom. The van der Waals surface area contributed by atoms with Gasteiger partial charge in [0.25, 0.3) is 0 Å². The van der Waals surface area contributed by atoms with Crippen molar-refractivity contribution in [2.45, 2.75) is 51.6 Å². The van der Waals surface area contributed by atoms with Crippen LogP contribution in [-0.2, 0) is 26.2 Å². The van der Waals surface area contributed by atoms with E-state index in [0.717, 1.165) is 17.7 Å². The Hall–Kier alpha value is -2.78. The average molecular weight is 464 g/mol. The van der Waals surface area contributed by atoms with Crippen molar-refractivity contribution in [3.8, 4) is 0 Å². The van der Waals surface area contributed by atoms with Gasteiger partial charge in [0, 0.05) is 18.7 Å². The molecule has 7 nitrogen and oxygen atoms in total. The molecule has 0 aliphatic carbocycles. The molecule has 2 amide bonds. The number of hydrogen-bond donors (Lipinski definition) is 3. The Morgan fingerprint density at radius 1 is 1.00 bits per heavy atom. The maximum Gasteiger partial charge on any atom is 0.244 e. The molecule has 2 rings (SSSR count). The fraction of sp³-hybridized carbons (Fsp3) is 0.391. The minimum Gasteiger partial charge on any atom is -0.351 e. The maximum atomic E-state index is 14.0. The summed E-state index contributed by atoms with van der Waals surface area (Å²) in [5.41, 5.74) is 1.35. The Labute approximate surface area is 188 Å². The summed E-state index contributed by atoms with van der Waals surface area (Å²) < 4.78 is 41.5. The Morgan fingerprint density at radius 2 is 1.69 bits per heavy atom. The maximum absolute atomic E-state index is 14.0. The normalized spacial score (nSPS) is 12.6. The highest BCUT2D eigenvalue weighted by atomic mass is 32.2. The van der Waals surface area contributed by atoms with Crippen molar-refractivity contribution in [1.29, 1.82) is 0 Å². The van der Waals surface area contributed by atoms with Crippen molar-refractivity contribution in [3.05, 3.63) is 59.9 Å². The first-order valence-corrected chi connectivity index (χ1v) is 11.9. The van der Waals surface area contributed by atoms with Crippen molar-refractivity contribution < 1.29 is 22.4 Å². The first kappa shape index (κ1) is 25.5. The van der Waals surface area contributed by atoms with Gasteiger partial charge in [-0.05, 0) is 41.7 Å². The predicted octanol–water partition coefficient (Wildman–Crippen LogP) is 3.43. The van der Waals surface area contributed by atoms with E-state index in [2.05, 4.69) is 15.4 Å². The molecular weight excluding hydrogens is 433 g/mol. The van der Waals surface area contributed by atoms with Gasteiger partial charge in [-0.25, -0.2) is 12.8 Å². The summed E-state index contributed by atoms with van der Waals surface area (Å²) in [6.45, 7) is 7.43. The van der Waals surface area contributed by atoms with Crippen molar-refractivity contribution in [3.63, 3.8) is 0 Å². The van der Waals surface area contributed by atoms with Crippen LogP contribution in [0.25, 0.3) is 0 Å². The van der Waals surface area contributed by atoms with Gasteiger partial charge in [0.1, 0.15) is 16.8 Å². The van der Waals surface area contributed by atoms with Crippen LogP contribution in [0.2, 0.25) is 0 Å². The second kappa shape index (κ2) is 11.2. The highest BCUT2D eigenvalue weighted by molar-refractivity contribution is 7.89. The van der Waals surface area contributed by atoms with Crippen LogP contribution in [0.15, 0.2) is 53.4 Å². The molecule has 0 radical (unpaired) electrons. The fourth-order valence-electron chi connectivity index (χ4n) is 3.03. The molecule has 0 aliphatic heterocycles. The third-order valence-corrected chi connectivity index (χ3v) is 6.10. The van der Waals surface area contributed by atoms with Crippen molar-refractivity contribution in [2.24, 2.45) is 11.8 Å². The van der Waals surface area contributed by atoms with Gasteiger partial charge in [0.2, 0.25) is 21.8 Å². The molecule has 0 aliphatic rings. The number of anilines is 1. The van der Waals surface area contributed by atoms with E-state index in [1.165, 1.54) is 12.1 Å². The Balaban J connectivity index is 2.06. The smallest absolute Gasteiger partial charge is 0.244 e. The molecule has 0 fully saturated rings. The molecule has 0 unspecified atom stereocenters. The quantitative estimate of drug-likeness (QED) is 0.502. The van der Waals surface area contributed by atoms with Crippen LogP contribution in [0.4, 0.5) is 10.1 Å². The van der Waals surface area contributed by atoms with Gasteiger partial charge in [0.15, 0.2) is 0 Å². The topological polar surface area (TPSA) is 104 Å². The molecule has 3 N–H and O–H groups in total. The van der Waals surface area contributed by atoms with Crippen molar-refractivity contribution in [1.82, 2.24) is 10.0 Å². The molecule has 0 heterocycles.